The fourth-order valence-electron chi connectivity index (χ4n) is 2.43. The second kappa shape index (κ2) is 19.0. The predicted octanol–water partition coefficient (Wildman–Crippen LogP) is 5.89. The van der Waals surface area contributed by atoms with Crippen LogP contribution >= 0.6 is 0 Å². The number of carboxylic acid groups (broad SMARTS) is 1. The van der Waals surface area contributed by atoms with E-state index in [0.717, 1.165) is 19.4 Å². The summed E-state index contributed by atoms with van der Waals surface area (Å²) in [7, 11) is 0. The molecule has 0 saturated heterocycles. The Hall–Kier alpha value is -1.05. The second-order valence-corrected chi connectivity index (χ2v) is 6.11. The highest BCUT2D eigenvalue weighted by atomic mass is 16.5. The summed E-state index contributed by atoms with van der Waals surface area (Å²) in [6, 6.07) is 0. The van der Waals surface area contributed by atoms with Crippen molar-refractivity contribution in [2.45, 2.75) is 90.4 Å². The molecule has 0 heterocycles. The lowest BCUT2D eigenvalue weighted by Gasteiger charge is -2.03. The van der Waals surface area contributed by atoms with Gasteiger partial charge in [-0.1, -0.05) is 71.1 Å². The van der Waals surface area contributed by atoms with Crippen molar-refractivity contribution in [2.24, 2.45) is 0 Å². The first-order chi connectivity index (χ1) is 11.3. The summed E-state index contributed by atoms with van der Waals surface area (Å²) in [5.41, 5.74) is 2.85. The summed E-state index contributed by atoms with van der Waals surface area (Å²) in [6.45, 7) is 3.80. The van der Waals surface area contributed by atoms with E-state index in [1.54, 1.807) is 0 Å². The highest BCUT2D eigenvalue weighted by Gasteiger charge is 1.93. The van der Waals surface area contributed by atoms with Gasteiger partial charge in [0.2, 0.25) is 0 Å². The summed E-state index contributed by atoms with van der Waals surface area (Å²) < 4.78 is 5.54. The average molecular weight is 325 g/mol. The van der Waals surface area contributed by atoms with Crippen LogP contribution in [-0.4, -0.2) is 24.3 Å². The van der Waals surface area contributed by atoms with Crippen molar-refractivity contribution in [1.82, 2.24) is 0 Å². The number of hydrogen-bond donors (Lipinski definition) is 1. The normalized spacial score (nSPS) is 10.3. The van der Waals surface area contributed by atoms with Crippen LogP contribution in [0, 0.1) is 0 Å². The molecule has 134 valence electrons. The van der Waals surface area contributed by atoms with Crippen LogP contribution in [0.2, 0.25) is 0 Å². The molecule has 0 rings (SSSR count). The molecule has 3 heteroatoms. The number of aliphatic carboxylic acids is 1. The monoisotopic (exact) mass is 324 g/mol. The van der Waals surface area contributed by atoms with Crippen molar-refractivity contribution < 1.29 is 14.6 Å². The molecular formula is C20H36O3. The molecule has 0 spiro atoms. The van der Waals surface area contributed by atoms with Crippen molar-refractivity contribution in [1.29, 1.82) is 0 Å². The number of rotatable bonds is 17. The van der Waals surface area contributed by atoms with Crippen LogP contribution in [0.25, 0.3) is 0 Å². The van der Waals surface area contributed by atoms with Gasteiger partial charge in [-0.25, -0.2) is 0 Å². The van der Waals surface area contributed by atoms with Crippen molar-refractivity contribution >= 4 is 5.97 Å². The standard InChI is InChI=1S/C20H36O3/c1-2-3-4-5-6-7-8-9-10-12-15-18-23-19-16-13-11-14-17-20(21)22/h13-14H,2-10,12,15-19H2,1H3,(H,21,22). The Morgan fingerprint density at radius 2 is 1.43 bits per heavy atom. The highest BCUT2D eigenvalue weighted by Crippen LogP contribution is 2.11. The van der Waals surface area contributed by atoms with Gasteiger partial charge in [0, 0.05) is 6.61 Å². The summed E-state index contributed by atoms with van der Waals surface area (Å²) in [5, 5.41) is 8.44. The van der Waals surface area contributed by atoms with E-state index in [2.05, 4.69) is 12.7 Å². The summed E-state index contributed by atoms with van der Waals surface area (Å²) in [6.07, 6.45) is 19.1. The van der Waals surface area contributed by atoms with Gasteiger partial charge in [0.1, 0.15) is 0 Å². The van der Waals surface area contributed by atoms with E-state index in [-0.39, 0.29) is 6.42 Å². The van der Waals surface area contributed by atoms with E-state index in [1.807, 2.05) is 6.08 Å². The van der Waals surface area contributed by atoms with Crippen molar-refractivity contribution in [3.8, 4) is 0 Å². The minimum Gasteiger partial charge on any atom is -0.481 e. The van der Waals surface area contributed by atoms with E-state index in [0.29, 0.717) is 6.61 Å². The number of unbranched alkanes of at least 4 members (excludes halogenated alkanes) is 10. The van der Waals surface area contributed by atoms with E-state index in [1.165, 1.54) is 70.3 Å². The van der Waals surface area contributed by atoms with E-state index >= 15 is 0 Å². The third kappa shape index (κ3) is 21.0. The Morgan fingerprint density at radius 1 is 0.870 bits per heavy atom. The first kappa shape index (κ1) is 21.9. The van der Waals surface area contributed by atoms with E-state index in [4.69, 9.17) is 9.84 Å². The zero-order chi connectivity index (χ0) is 17.0. The molecule has 23 heavy (non-hydrogen) atoms. The maximum atomic E-state index is 10.3. The van der Waals surface area contributed by atoms with Gasteiger partial charge in [0.15, 0.2) is 0 Å². The molecule has 0 aliphatic carbocycles. The number of carbonyl (C=O) groups is 1. The molecule has 0 atom stereocenters. The molecule has 3 nitrogen and oxygen atoms in total. The van der Waals surface area contributed by atoms with Gasteiger partial charge in [-0.3, -0.25) is 4.79 Å². The molecule has 0 fully saturated rings. The Bertz CT molecular complexity index is 317. The third-order valence-corrected chi connectivity index (χ3v) is 3.81. The second-order valence-electron chi connectivity index (χ2n) is 6.11. The largest absolute Gasteiger partial charge is 0.481 e. The summed E-state index contributed by atoms with van der Waals surface area (Å²) in [5.74, 6) is -0.821. The van der Waals surface area contributed by atoms with Crippen LogP contribution in [0.1, 0.15) is 90.4 Å². The summed E-state index contributed by atoms with van der Waals surface area (Å²) in [4.78, 5) is 10.3. The lowest BCUT2D eigenvalue weighted by atomic mass is 10.1. The van der Waals surface area contributed by atoms with Crippen molar-refractivity contribution in [3.63, 3.8) is 0 Å². The molecule has 0 aliphatic rings. The van der Waals surface area contributed by atoms with Crippen LogP contribution in [0.3, 0.4) is 0 Å². The first-order valence-electron chi connectivity index (χ1n) is 9.46. The Morgan fingerprint density at radius 3 is 2.00 bits per heavy atom. The number of carboxylic acids is 1. The van der Waals surface area contributed by atoms with Gasteiger partial charge in [-0.2, -0.15) is 0 Å². The maximum absolute atomic E-state index is 10.3. The molecule has 0 amide bonds. The molecular weight excluding hydrogens is 288 g/mol. The average Bonchev–Trinajstić information content (AvgIpc) is 2.53. The Labute approximate surface area is 142 Å². The number of hydrogen-bond acceptors (Lipinski definition) is 2. The quantitative estimate of drug-likeness (QED) is 0.268. The highest BCUT2D eigenvalue weighted by molar-refractivity contribution is 5.68. The van der Waals surface area contributed by atoms with Gasteiger partial charge >= 0.3 is 5.97 Å². The van der Waals surface area contributed by atoms with Crippen LogP contribution < -0.4 is 0 Å². The maximum Gasteiger partial charge on any atom is 0.307 e. The summed E-state index contributed by atoms with van der Waals surface area (Å²) >= 11 is 0. The van der Waals surface area contributed by atoms with E-state index < -0.39 is 5.97 Å². The van der Waals surface area contributed by atoms with Crippen LogP contribution in [0.15, 0.2) is 17.9 Å². The molecule has 0 aromatic rings. The molecule has 1 N–H and O–H groups in total. The SMILES string of the molecule is CCCCCCCCCCCCCOCCC=C=CCC(=O)O. The Kier molecular flexibility index (Phi) is 18.1. The zero-order valence-corrected chi connectivity index (χ0v) is 15.0. The smallest absolute Gasteiger partial charge is 0.307 e. The van der Waals surface area contributed by atoms with Crippen molar-refractivity contribution in [2.75, 3.05) is 13.2 Å². The minimum atomic E-state index is -0.821. The van der Waals surface area contributed by atoms with Crippen molar-refractivity contribution in [3.05, 3.63) is 17.9 Å². The minimum absolute atomic E-state index is 0.0378. The molecule has 0 aromatic heterocycles. The lowest BCUT2D eigenvalue weighted by Crippen LogP contribution is -1.95. The van der Waals surface area contributed by atoms with Gasteiger partial charge in [0.05, 0.1) is 13.0 Å². The molecule has 0 aromatic carbocycles. The van der Waals surface area contributed by atoms with Gasteiger partial charge in [-0.05, 0) is 25.0 Å². The lowest BCUT2D eigenvalue weighted by molar-refractivity contribution is -0.135. The molecule has 0 bridgehead atoms. The third-order valence-electron chi connectivity index (χ3n) is 3.81. The topological polar surface area (TPSA) is 46.5 Å². The van der Waals surface area contributed by atoms with Gasteiger partial charge in [-0.15, -0.1) is 5.73 Å². The van der Waals surface area contributed by atoms with Crippen LogP contribution in [0.5, 0.6) is 0 Å². The fraction of sp³-hybridized carbons (Fsp3) is 0.800. The van der Waals surface area contributed by atoms with E-state index in [9.17, 15) is 4.79 Å². The fourth-order valence-corrected chi connectivity index (χ4v) is 2.43. The molecule has 0 radical (unpaired) electrons. The molecule has 0 aliphatic heterocycles. The first-order valence-corrected chi connectivity index (χ1v) is 9.46. The Balaban J connectivity index is 3.10. The molecule has 0 saturated carbocycles. The zero-order valence-electron chi connectivity index (χ0n) is 15.0. The predicted molar refractivity (Wildman–Crippen MR) is 96.8 cm³/mol. The van der Waals surface area contributed by atoms with Crippen LogP contribution in [-0.2, 0) is 9.53 Å². The van der Waals surface area contributed by atoms with Gasteiger partial charge in [0.25, 0.3) is 0 Å². The van der Waals surface area contributed by atoms with Crippen LogP contribution in [0.4, 0.5) is 0 Å². The van der Waals surface area contributed by atoms with Gasteiger partial charge < -0.3 is 9.84 Å². The molecule has 0 unspecified atom stereocenters. The number of ether oxygens (including phenoxy) is 1.